The van der Waals surface area contributed by atoms with Crippen LogP contribution in [-0.2, 0) is 16.1 Å². The number of amides is 1. The molecule has 6 nitrogen and oxygen atoms in total. The third-order valence-corrected chi connectivity index (χ3v) is 5.80. The van der Waals surface area contributed by atoms with Gasteiger partial charge in [-0.05, 0) is 41.7 Å². The predicted molar refractivity (Wildman–Crippen MR) is 130 cm³/mol. The lowest BCUT2D eigenvalue weighted by atomic mass is 9.95. The summed E-state index contributed by atoms with van der Waals surface area (Å²) in [5.74, 6) is -0.381. The molecule has 1 aromatic heterocycles. The molecule has 1 aliphatic heterocycles. The highest BCUT2D eigenvalue weighted by atomic mass is 16.5. The second kappa shape index (κ2) is 10.3. The van der Waals surface area contributed by atoms with Crippen molar-refractivity contribution in [1.82, 2.24) is 9.88 Å². The number of aliphatic hydroxyl groups excluding tert-OH is 1. The summed E-state index contributed by atoms with van der Waals surface area (Å²) in [7, 11) is 0. The molecule has 2 aromatic carbocycles. The van der Waals surface area contributed by atoms with E-state index in [1.165, 1.54) is 4.90 Å². The molecule has 0 spiro atoms. The number of rotatable bonds is 8. The Bertz CT molecular complexity index is 1190. The molecule has 2 heterocycles. The standard InChI is InChI=1S/C28H28N2O4/c1-19(2)13-15-34-23-12-6-11-22(16-23)25-24(26(31)21-9-4-3-5-10-21)27(32)28(33)30(25)18-20-8-7-14-29-17-20/h3-12,14,16-17,19,25,31H,13,15,18H2,1-2H3/b26-24+. The summed E-state index contributed by atoms with van der Waals surface area (Å²) in [6.07, 6.45) is 4.24. The molecule has 1 N–H and O–H groups in total. The normalized spacial score (nSPS) is 17.4. The Kier molecular flexibility index (Phi) is 7.07. The molecular formula is C28H28N2O4. The Morgan fingerprint density at radius 3 is 2.56 bits per heavy atom. The monoisotopic (exact) mass is 456 g/mol. The van der Waals surface area contributed by atoms with Crippen LogP contribution < -0.4 is 4.74 Å². The fourth-order valence-corrected chi connectivity index (χ4v) is 4.02. The van der Waals surface area contributed by atoms with E-state index in [4.69, 9.17) is 4.74 Å². The summed E-state index contributed by atoms with van der Waals surface area (Å²) in [5.41, 5.74) is 2.04. The van der Waals surface area contributed by atoms with E-state index in [9.17, 15) is 14.7 Å². The highest BCUT2D eigenvalue weighted by molar-refractivity contribution is 6.46. The van der Waals surface area contributed by atoms with Gasteiger partial charge in [-0.15, -0.1) is 0 Å². The number of hydrogen-bond acceptors (Lipinski definition) is 5. The van der Waals surface area contributed by atoms with Crippen LogP contribution in [0.1, 0.15) is 43.0 Å². The molecule has 3 aromatic rings. The van der Waals surface area contributed by atoms with Crippen molar-refractivity contribution in [3.05, 3.63) is 101 Å². The van der Waals surface area contributed by atoms with Crippen molar-refractivity contribution in [1.29, 1.82) is 0 Å². The van der Waals surface area contributed by atoms with E-state index in [-0.39, 0.29) is 17.9 Å². The Morgan fingerprint density at radius 2 is 1.85 bits per heavy atom. The largest absolute Gasteiger partial charge is 0.507 e. The summed E-state index contributed by atoms with van der Waals surface area (Å²) in [5, 5.41) is 11.1. The van der Waals surface area contributed by atoms with Gasteiger partial charge in [0.25, 0.3) is 11.7 Å². The molecule has 0 saturated carbocycles. The van der Waals surface area contributed by atoms with E-state index < -0.39 is 17.7 Å². The maximum absolute atomic E-state index is 13.2. The first-order valence-corrected chi connectivity index (χ1v) is 11.4. The number of nitrogens with zero attached hydrogens (tertiary/aromatic N) is 2. The van der Waals surface area contributed by atoms with Gasteiger partial charge in [0.1, 0.15) is 11.5 Å². The molecule has 1 atom stereocenters. The summed E-state index contributed by atoms with van der Waals surface area (Å²) in [6.45, 7) is 5.03. The lowest BCUT2D eigenvalue weighted by Gasteiger charge is -2.25. The van der Waals surface area contributed by atoms with Gasteiger partial charge in [-0.25, -0.2) is 0 Å². The summed E-state index contributed by atoms with van der Waals surface area (Å²) >= 11 is 0. The van der Waals surface area contributed by atoms with Crippen molar-refractivity contribution < 1.29 is 19.4 Å². The van der Waals surface area contributed by atoms with Gasteiger partial charge in [0.15, 0.2) is 0 Å². The van der Waals surface area contributed by atoms with Gasteiger partial charge < -0.3 is 14.7 Å². The quantitative estimate of drug-likeness (QED) is 0.289. The Balaban J connectivity index is 1.77. The zero-order chi connectivity index (χ0) is 24.1. The zero-order valence-corrected chi connectivity index (χ0v) is 19.3. The number of likely N-dealkylation sites (tertiary alicyclic amines) is 1. The van der Waals surface area contributed by atoms with Gasteiger partial charge in [-0.3, -0.25) is 14.6 Å². The van der Waals surface area contributed by atoms with E-state index in [1.54, 1.807) is 42.7 Å². The van der Waals surface area contributed by atoms with E-state index in [0.29, 0.717) is 29.4 Å². The summed E-state index contributed by atoms with van der Waals surface area (Å²) < 4.78 is 5.93. The third kappa shape index (κ3) is 5.01. The van der Waals surface area contributed by atoms with Crippen LogP contribution in [0.3, 0.4) is 0 Å². The Morgan fingerprint density at radius 1 is 1.06 bits per heavy atom. The number of Topliss-reactive ketones (excluding diaryl/α,β-unsaturated/α-hetero) is 1. The molecule has 0 bridgehead atoms. The Labute approximate surface area is 199 Å². The van der Waals surface area contributed by atoms with Gasteiger partial charge in [0.2, 0.25) is 0 Å². The van der Waals surface area contributed by atoms with E-state index in [1.807, 2.05) is 36.4 Å². The number of carbonyl (C=O) groups excluding carboxylic acids is 2. The molecule has 0 aliphatic carbocycles. The minimum absolute atomic E-state index is 0.0689. The molecule has 6 heteroatoms. The van der Waals surface area contributed by atoms with Crippen LogP contribution in [0, 0.1) is 5.92 Å². The first kappa shape index (κ1) is 23.2. The minimum Gasteiger partial charge on any atom is -0.507 e. The molecule has 1 fully saturated rings. The smallest absolute Gasteiger partial charge is 0.295 e. The van der Waals surface area contributed by atoms with Crippen molar-refractivity contribution in [2.75, 3.05) is 6.61 Å². The first-order chi connectivity index (χ1) is 16.5. The molecule has 1 saturated heterocycles. The molecule has 1 aliphatic rings. The molecule has 1 unspecified atom stereocenters. The topological polar surface area (TPSA) is 79.7 Å². The van der Waals surface area contributed by atoms with E-state index in [0.717, 1.165) is 12.0 Å². The maximum atomic E-state index is 13.2. The average Bonchev–Trinajstić information content (AvgIpc) is 3.10. The van der Waals surface area contributed by atoms with Crippen LogP contribution in [0.5, 0.6) is 5.75 Å². The van der Waals surface area contributed by atoms with E-state index >= 15 is 0 Å². The van der Waals surface area contributed by atoms with Crippen LogP contribution in [0.25, 0.3) is 5.76 Å². The highest BCUT2D eigenvalue weighted by Crippen LogP contribution is 2.41. The van der Waals surface area contributed by atoms with Crippen molar-refractivity contribution in [3.8, 4) is 5.75 Å². The molecular weight excluding hydrogens is 428 g/mol. The van der Waals surface area contributed by atoms with Crippen LogP contribution in [0.15, 0.2) is 84.7 Å². The number of ether oxygens (including phenoxy) is 1. The Hall–Kier alpha value is -3.93. The fraction of sp³-hybridized carbons (Fsp3) is 0.250. The second-order valence-corrected chi connectivity index (χ2v) is 8.76. The SMILES string of the molecule is CC(C)CCOc1cccc(C2/C(=C(\O)c3ccccc3)C(=O)C(=O)N2Cc2cccnc2)c1. The number of aliphatic hydroxyl groups is 1. The first-order valence-electron chi connectivity index (χ1n) is 11.4. The van der Waals surface area contributed by atoms with Gasteiger partial charge in [-0.2, -0.15) is 0 Å². The molecule has 34 heavy (non-hydrogen) atoms. The van der Waals surface area contributed by atoms with Gasteiger partial charge in [-0.1, -0.05) is 62.4 Å². The molecule has 1 amide bonds. The van der Waals surface area contributed by atoms with Crippen molar-refractivity contribution >= 4 is 17.4 Å². The van der Waals surface area contributed by atoms with Crippen LogP contribution in [-0.4, -0.2) is 33.3 Å². The third-order valence-electron chi connectivity index (χ3n) is 5.80. The maximum Gasteiger partial charge on any atom is 0.295 e. The fourth-order valence-electron chi connectivity index (χ4n) is 4.02. The highest BCUT2D eigenvalue weighted by Gasteiger charge is 2.46. The van der Waals surface area contributed by atoms with Crippen molar-refractivity contribution in [2.45, 2.75) is 32.9 Å². The minimum atomic E-state index is -0.755. The van der Waals surface area contributed by atoms with Crippen molar-refractivity contribution in [2.24, 2.45) is 5.92 Å². The summed E-state index contributed by atoms with van der Waals surface area (Å²) in [4.78, 5) is 31.9. The van der Waals surface area contributed by atoms with Crippen LogP contribution in [0.2, 0.25) is 0 Å². The van der Waals surface area contributed by atoms with Gasteiger partial charge in [0, 0.05) is 24.5 Å². The molecule has 0 radical (unpaired) electrons. The number of pyridine rings is 1. The van der Waals surface area contributed by atoms with E-state index in [2.05, 4.69) is 18.8 Å². The van der Waals surface area contributed by atoms with Crippen molar-refractivity contribution in [3.63, 3.8) is 0 Å². The van der Waals surface area contributed by atoms with Crippen LogP contribution in [0.4, 0.5) is 0 Å². The number of aromatic nitrogens is 1. The number of carbonyl (C=O) groups is 2. The van der Waals surface area contributed by atoms with Crippen LogP contribution >= 0.6 is 0 Å². The van der Waals surface area contributed by atoms with Gasteiger partial charge >= 0.3 is 0 Å². The lowest BCUT2D eigenvalue weighted by molar-refractivity contribution is -0.140. The number of hydrogen-bond donors (Lipinski definition) is 1. The summed E-state index contributed by atoms with van der Waals surface area (Å²) in [6, 6.07) is 19.1. The number of ketones is 1. The predicted octanol–water partition coefficient (Wildman–Crippen LogP) is 5.13. The number of benzene rings is 2. The second-order valence-electron chi connectivity index (χ2n) is 8.76. The average molecular weight is 457 g/mol. The molecule has 4 rings (SSSR count). The zero-order valence-electron chi connectivity index (χ0n) is 19.3. The molecule has 174 valence electrons. The lowest BCUT2D eigenvalue weighted by Crippen LogP contribution is -2.29. The van der Waals surface area contributed by atoms with Gasteiger partial charge in [0.05, 0.1) is 18.2 Å².